The Morgan fingerprint density at radius 3 is 3.00 bits per heavy atom. The molecule has 0 unspecified atom stereocenters. The van der Waals surface area contributed by atoms with E-state index in [-0.39, 0.29) is 18.4 Å². The van der Waals surface area contributed by atoms with E-state index in [2.05, 4.69) is 5.32 Å². The number of fused-ring (bicyclic) bond motifs is 2. The monoisotopic (exact) mass is 337 g/mol. The van der Waals surface area contributed by atoms with Crippen LogP contribution in [0.15, 0.2) is 53.1 Å². The summed E-state index contributed by atoms with van der Waals surface area (Å²) in [6.07, 6.45) is 1.77. The van der Waals surface area contributed by atoms with Crippen LogP contribution in [0.3, 0.4) is 0 Å². The largest absolute Gasteiger partial charge is 0.497 e. The minimum absolute atomic E-state index is 0.140. The summed E-state index contributed by atoms with van der Waals surface area (Å²) in [5.74, 6) is 0.572. The van der Waals surface area contributed by atoms with Crippen molar-refractivity contribution in [2.24, 2.45) is 0 Å². The van der Waals surface area contributed by atoms with Crippen LogP contribution >= 0.6 is 0 Å². The van der Waals surface area contributed by atoms with Gasteiger partial charge in [0, 0.05) is 23.4 Å². The molecule has 0 aliphatic heterocycles. The number of ether oxygens (including phenoxy) is 1. The van der Waals surface area contributed by atoms with Gasteiger partial charge in [-0.15, -0.1) is 0 Å². The van der Waals surface area contributed by atoms with Crippen molar-refractivity contribution in [3.8, 4) is 5.75 Å². The number of amides is 1. The van der Waals surface area contributed by atoms with Crippen molar-refractivity contribution in [3.05, 3.63) is 65.4 Å². The van der Waals surface area contributed by atoms with Crippen molar-refractivity contribution < 1.29 is 19.1 Å². The van der Waals surface area contributed by atoms with Crippen LogP contribution in [0.5, 0.6) is 5.75 Å². The first kappa shape index (κ1) is 15.7. The Morgan fingerprint density at radius 1 is 1.32 bits per heavy atom. The lowest BCUT2D eigenvalue weighted by Gasteiger charge is -2.17. The van der Waals surface area contributed by atoms with Crippen LogP contribution in [0.2, 0.25) is 0 Å². The number of carbonyl (C=O) groups is 1. The summed E-state index contributed by atoms with van der Waals surface area (Å²) >= 11 is 0. The highest BCUT2D eigenvalue weighted by Gasteiger charge is 2.31. The molecule has 0 saturated carbocycles. The number of methoxy groups -OCH3 is 1. The molecule has 1 heterocycles. The van der Waals surface area contributed by atoms with Gasteiger partial charge >= 0.3 is 0 Å². The van der Waals surface area contributed by atoms with Crippen LogP contribution < -0.4 is 10.1 Å². The van der Waals surface area contributed by atoms with Crippen molar-refractivity contribution in [1.29, 1.82) is 0 Å². The Labute approximate surface area is 145 Å². The summed E-state index contributed by atoms with van der Waals surface area (Å²) in [5.41, 5.74) is 3.58. The number of hydrogen-bond acceptors (Lipinski definition) is 4. The SMILES string of the molecule is COc1ccc2c(CC(=O)N[C@H]3c4ccccc4C[C@H]3O)coc2c1. The second-order valence-corrected chi connectivity index (χ2v) is 6.32. The van der Waals surface area contributed by atoms with Crippen LogP contribution in [0.4, 0.5) is 0 Å². The van der Waals surface area contributed by atoms with E-state index >= 15 is 0 Å². The molecule has 0 spiro atoms. The van der Waals surface area contributed by atoms with Gasteiger partial charge in [0.1, 0.15) is 11.3 Å². The van der Waals surface area contributed by atoms with Gasteiger partial charge in [-0.25, -0.2) is 0 Å². The lowest BCUT2D eigenvalue weighted by atomic mass is 10.1. The van der Waals surface area contributed by atoms with E-state index < -0.39 is 6.10 Å². The minimum atomic E-state index is -0.591. The highest BCUT2D eigenvalue weighted by atomic mass is 16.5. The summed E-state index contributed by atoms with van der Waals surface area (Å²) in [6, 6.07) is 13.0. The van der Waals surface area contributed by atoms with Gasteiger partial charge in [-0.2, -0.15) is 0 Å². The van der Waals surface area contributed by atoms with E-state index in [0.29, 0.717) is 17.8 Å². The molecule has 1 amide bonds. The van der Waals surface area contributed by atoms with Gasteiger partial charge in [0.2, 0.25) is 5.91 Å². The van der Waals surface area contributed by atoms with Crippen LogP contribution in [-0.2, 0) is 17.6 Å². The molecule has 5 nitrogen and oxygen atoms in total. The predicted molar refractivity (Wildman–Crippen MR) is 93.5 cm³/mol. The van der Waals surface area contributed by atoms with Gasteiger partial charge < -0.3 is 19.6 Å². The second-order valence-electron chi connectivity index (χ2n) is 6.32. The molecule has 1 aliphatic carbocycles. The van der Waals surface area contributed by atoms with Crippen molar-refractivity contribution in [1.82, 2.24) is 5.32 Å². The lowest BCUT2D eigenvalue weighted by molar-refractivity contribution is -0.121. The molecule has 5 heteroatoms. The number of hydrogen-bond donors (Lipinski definition) is 2. The summed E-state index contributed by atoms with van der Waals surface area (Å²) in [7, 11) is 1.60. The molecule has 3 aromatic rings. The normalized spacial score (nSPS) is 19.0. The first-order chi connectivity index (χ1) is 12.2. The van der Waals surface area contributed by atoms with Gasteiger partial charge in [0.25, 0.3) is 0 Å². The molecule has 1 aliphatic rings. The zero-order chi connectivity index (χ0) is 17.4. The van der Waals surface area contributed by atoms with Crippen molar-refractivity contribution in [2.75, 3.05) is 7.11 Å². The number of rotatable bonds is 4. The van der Waals surface area contributed by atoms with E-state index in [0.717, 1.165) is 22.1 Å². The Morgan fingerprint density at radius 2 is 2.16 bits per heavy atom. The summed E-state index contributed by atoms with van der Waals surface area (Å²) in [5, 5.41) is 14.1. The van der Waals surface area contributed by atoms with Crippen molar-refractivity contribution in [3.63, 3.8) is 0 Å². The fourth-order valence-corrected chi connectivity index (χ4v) is 3.47. The molecule has 2 aromatic carbocycles. The molecule has 25 heavy (non-hydrogen) atoms. The fourth-order valence-electron chi connectivity index (χ4n) is 3.47. The molecule has 1 aromatic heterocycles. The second kappa shape index (κ2) is 6.26. The first-order valence-corrected chi connectivity index (χ1v) is 8.25. The van der Waals surface area contributed by atoms with Gasteiger partial charge in [-0.3, -0.25) is 4.79 Å². The topological polar surface area (TPSA) is 71.7 Å². The summed E-state index contributed by atoms with van der Waals surface area (Å²) < 4.78 is 10.7. The molecule has 0 fully saturated rings. The molecule has 0 radical (unpaired) electrons. The van der Waals surface area contributed by atoms with E-state index in [4.69, 9.17) is 9.15 Å². The third kappa shape index (κ3) is 2.87. The smallest absolute Gasteiger partial charge is 0.225 e. The van der Waals surface area contributed by atoms with Gasteiger partial charge in [0.05, 0.1) is 31.9 Å². The molecular weight excluding hydrogens is 318 g/mol. The Hall–Kier alpha value is -2.79. The molecule has 2 N–H and O–H groups in total. The number of aliphatic hydroxyl groups is 1. The maximum atomic E-state index is 12.5. The third-order valence-electron chi connectivity index (χ3n) is 4.73. The average Bonchev–Trinajstić information content (AvgIpc) is 3.16. The molecule has 2 atom stereocenters. The zero-order valence-electron chi connectivity index (χ0n) is 13.9. The zero-order valence-corrected chi connectivity index (χ0v) is 13.9. The van der Waals surface area contributed by atoms with Crippen LogP contribution in [0.1, 0.15) is 22.7 Å². The highest BCUT2D eigenvalue weighted by Crippen LogP contribution is 2.31. The third-order valence-corrected chi connectivity index (χ3v) is 4.73. The molecular formula is C20H19NO4. The Balaban J connectivity index is 1.51. The van der Waals surface area contributed by atoms with Gasteiger partial charge in [-0.1, -0.05) is 24.3 Å². The number of nitrogens with one attached hydrogen (secondary N) is 1. The average molecular weight is 337 g/mol. The Bertz CT molecular complexity index is 930. The van der Waals surface area contributed by atoms with Crippen LogP contribution in [0, 0.1) is 0 Å². The van der Waals surface area contributed by atoms with E-state index in [1.807, 2.05) is 36.4 Å². The quantitative estimate of drug-likeness (QED) is 0.768. The number of carbonyl (C=O) groups excluding carboxylic acids is 1. The fraction of sp³-hybridized carbons (Fsp3) is 0.250. The first-order valence-electron chi connectivity index (χ1n) is 8.25. The van der Waals surface area contributed by atoms with Crippen molar-refractivity contribution >= 4 is 16.9 Å². The van der Waals surface area contributed by atoms with Crippen LogP contribution in [-0.4, -0.2) is 24.2 Å². The number of furan rings is 1. The Kier molecular flexibility index (Phi) is 3.93. The van der Waals surface area contributed by atoms with Crippen molar-refractivity contribution in [2.45, 2.75) is 25.0 Å². The van der Waals surface area contributed by atoms with Gasteiger partial charge in [-0.05, 0) is 23.3 Å². The maximum absolute atomic E-state index is 12.5. The lowest BCUT2D eigenvalue weighted by Crippen LogP contribution is -2.34. The molecule has 4 rings (SSSR count). The van der Waals surface area contributed by atoms with Crippen LogP contribution in [0.25, 0.3) is 11.0 Å². The maximum Gasteiger partial charge on any atom is 0.225 e. The van der Waals surface area contributed by atoms with E-state index in [1.165, 1.54) is 0 Å². The number of benzene rings is 2. The van der Waals surface area contributed by atoms with Gasteiger partial charge in [0.15, 0.2) is 0 Å². The number of aliphatic hydroxyl groups excluding tert-OH is 1. The molecule has 0 saturated heterocycles. The standard InChI is InChI=1S/C20H19NO4/c1-24-14-6-7-15-13(11-25-18(15)10-14)9-19(23)21-20-16-5-3-2-4-12(16)8-17(20)22/h2-7,10-11,17,20,22H,8-9H2,1H3,(H,21,23)/t17-,20+/m1/s1. The minimum Gasteiger partial charge on any atom is -0.497 e. The molecule has 0 bridgehead atoms. The predicted octanol–water partition coefficient (Wildman–Crippen LogP) is 2.76. The molecule has 128 valence electrons. The highest BCUT2D eigenvalue weighted by molar-refractivity contribution is 5.88. The summed E-state index contributed by atoms with van der Waals surface area (Å²) in [4.78, 5) is 12.5. The van der Waals surface area contributed by atoms with E-state index in [1.54, 1.807) is 19.4 Å². The van der Waals surface area contributed by atoms with E-state index in [9.17, 15) is 9.90 Å². The summed E-state index contributed by atoms with van der Waals surface area (Å²) in [6.45, 7) is 0.